The smallest absolute Gasteiger partial charge is 0.206 e. The van der Waals surface area contributed by atoms with E-state index in [0.29, 0.717) is 11.3 Å². The molecule has 0 aliphatic rings. The van der Waals surface area contributed by atoms with E-state index in [1.54, 1.807) is 4.68 Å². The average Bonchev–Trinajstić information content (AvgIpc) is 3.09. The number of aromatic nitrogens is 1. The topological polar surface area (TPSA) is 90.3 Å². The summed E-state index contributed by atoms with van der Waals surface area (Å²) in [6.07, 6.45) is 1.42. The summed E-state index contributed by atoms with van der Waals surface area (Å²) in [6, 6.07) is 8.95. The number of aryl methyl sites for hydroxylation is 2. The van der Waals surface area contributed by atoms with Crippen LogP contribution in [-0.2, 0) is 0 Å². The molecule has 0 fully saturated rings. The molecule has 0 radical (unpaired) electrons. The molecule has 7 heteroatoms. The van der Waals surface area contributed by atoms with E-state index in [0.717, 1.165) is 16.8 Å². The fourth-order valence-corrected chi connectivity index (χ4v) is 3.47. The molecule has 0 saturated heterocycles. The van der Waals surface area contributed by atoms with Gasteiger partial charge >= 0.3 is 0 Å². The lowest BCUT2D eigenvalue weighted by Gasteiger charge is -2.07. The Morgan fingerprint density at radius 2 is 1.86 bits per heavy atom. The number of hydrogen-bond donors (Lipinski definition) is 3. The van der Waals surface area contributed by atoms with Gasteiger partial charge in [0.1, 0.15) is 0 Å². The molecule has 1 heterocycles. The van der Waals surface area contributed by atoms with Gasteiger partial charge < -0.3 is 15.3 Å². The summed E-state index contributed by atoms with van der Waals surface area (Å²) >= 11 is 1.46. The number of phenols is 3. The van der Waals surface area contributed by atoms with E-state index in [1.807, 2.05) is 18.4 Å². The van der Waals surface area contributed by atoms with Crippen LogP contribution in [0.4, 0.5) is 0 Å². The molecule has 0 amide bonds. The van der Waals surface area contributed by atoms with Gasteiger partial charge in [0.25, 0.3) is 0 Å². The zero-order valence-electron chi connectivity index (χ0n) is 16.5. The maximum absolute atomic E-state index is 10.1. The highest BCUT2D eigenvalue weighted by atomic mass is 32.1. The summed E-state index contributed by atoms with van der Waals surface area (Å²) < 4.78 is 1.70. The van der Waals surface area contributed by atoms with E-state index in [9.17, 15) is 15.3 Å². The van der Waals surface area contributed by atoms with Crippen LogP contribution in [0, 0.1) is 13.8 Å². The van der Waals surface area contributed by atoms with Crippen molar-refractivity contribution in [1.82, 2.24) is 4.68 Å². The number of nitrogens with zero attached hydrogens (tertiary/aromatic N) is 3. The number of hydrogen-bond acceptors (Lipinski definition) is 6. The Morgan fingerprint density at radius 3 is 2.55 bits per heavy atom. The second-order valence-electron chi connectivity index (χ2n) is 6.90. The summed E-state index contributed by atoms with van der Waals surface area (Å²) in [7, 11) is 0. The van der Waals surface area contributed by atoms with Crippen molar-refractivity contribution in [2.24, 2.45) is 10.1 Å². The van der Waals surface area contributed by atoms with Crippen molar-refractivity contribution in [3.63, 3.8) is 0 Å². The van der Waals surface area contributed by atoms with Gasteiger partial charge in [-0.15, -0.1) is 11.3 Å². The van der Waals surface area contributed by atoms with Gasteiger partial charge in [0.15, 0.2) is 11.5 Å². The van der Waals surface area contributed by atoms with E-state index in [1.165, 1.54) is 40.8 Å². The van der Waals surface area contributed by atoms with E-state index < -0.39 is 17.2 Å². The van der Waals surface area contributed by atoms with Crippen LogP contribution in [0.5, 0.6) is 17.2 Å². The molecule has 0 aliphatic carbocycles. The van der Waals surface area contributed by atoms with Crippen molar-refractivity contribution in [3.05, 3.63) is 69.4 Å². The average molecular weight is 410 g/mol. The second-order valence-corrected chi connectivity index (χ2v) is 7.74. The van der Waals surface area contributed by atoms with Gasteiger partial charge in [0.2, 0.25) is 10.6 Å². The molecule has 0 spiro atoms. The first-order chi connectivity index (χ1) is 13.8. The predicted molar refractivity (Wildman–Crippen MR) is 117 cm³/mol. The molecule has 0 aliphatic heterocycles. The zero-order valence-corrected chi connectivity index (χ0v) is 17.4. The van der Waals surface area contributed by atoms with Gasteiger partial charge in [-0.1, -0.05) is 24.3 Å². The van der Waals surface area contributed by atoms with E-state index in [2.05, 4.69) is 42.7 Å². The zero-order chi connectivity index (χ0) is 21.1. The molecule has 0 saturated carbocycles. The number of phenolic OH excluding ortho intramolecular Hbond substituents is 3. The van der Waals surface area contributed by atoms with Crippen molar-refractivity contribution in [3.8, 4) is 28.5 Å². The lowest BCUT2D eigenvalue weighted by Crippen LogP contribution is -2.13. The van der Waals surface area contributed by atoms with Crippen LogP contribution in [-0.4, -0.2) is 32.8 Å². The standard InChI is InChI=1S/C22H23N3O3S/c1-13(2)10-23-22-25(24-11-17-7-8-19(26)21(28)20(17)27)18(12-29-22)16-6-5-14(3)15(4)9-16/h5-9,11-12,26-28H,1,10H2,2-4H3. The van der Waals surface area contributed by atoms with Crippen molar-refractivity contribution < 1.29 is 15.3 Å². The summed E-state index contributed by atoms with van der Waals surface area (Å²) in [5.74, 6) is -1.40. The van der Waals surface area contributed by atoms with E-state index in [-0.39, 0.29) is 5.56 Å². The quantitative estimate of drug-likeness (QED) is 0.333. The molecule has 3 aromatic rings. The van der Waals surface area contributed by atoms with Crippen LogP contribution < -0.4 is 4.80 Å². The van der Waals surface area contributed by atoms with E-state index in [4.69, 9.17) is 0 Å². The Balaban J connectivity index is 2.13. The summed E-state index contributed by atoms with van der Waals surface area (Å²) in [6.45, 7) is 10.4. The number of rotatable bonds is 5. The van der Waals surface area contributed by atoms with Crippen LogP contribution in [0.2, 0.25) is 0 Å². The van der Waals surface area contributed by atoms with Crippen molar-refractivity contribution in [2.75, 3.05) is 6.54 Å². The van der Waals surface area contributed by atoms with E-state index >= 15 is 0 Å². The minimum absolute atomic E-state index is 0.274. The molecule has 29 heavy (non-hydrogen) atoms. The molecule has 6 nitrogen and oxygen atoms in total. The Labute approximate surface area is 173 Å². The van der Waals surface area contributed by atoms with Gasteiger partial charge in [-0.05, 0) is 50.1 Å². The van der Waals surface area contributed by atoms with Crippen molar-refractivity contribution in [1.29, 1.82) is 0 Å². The largest absolute Gasteiger partial charge is 0.504 e. The Morgan fingerprint density at radius 1 is 1.10 bits per heavy atom. The lowest BCUT2D eigenvalue weighted by atomic mass is 10.1. The molecular weight excluding hydrogens is 386 g/mol. The number of benzene rings is 2. The SMILES string of the molecule is C=C(C)CN=c1scc(-c2ccc(C)c(C)c2)n1N=Cc1ccc(O)c(O)c1O. The minimum atomic E-state index is -0.578. The van der Waals surface area contributed by atoms with Crippen LogP contribution in [0.25, 0.3) is 11.3 Å². The summed E-state index contributed by atoms with van der Waals surface area (Å²) in [5, 5.41) is 35.8. The molecule has 3 N–H and O–H groups in total. The Kier molecular flexibility index (Phi) is 5.89. The van der Waals surface area contributed by atoms with Gasteiger partial charge in [0.05, 0.1) is 18.5 Å². The van der Waals surface area contributed by atoms with Crippen molar-refractivity contribution >= 4 is 17.6 Å². The maximum atomic E-state index is 10.1. The first-order valence-electron chi connectivity index (χ1n) is 8.99. The van der Waals surface area contributed by atoms with Crippen molar-refractivity contribution in [2.45, 2.75) is 20.8 Å². The highest BCUT2D eigenvalue weighted by molar-refractivity contribution is 7.07. The van der Waals surface area contributed by atoms with Crippen LogP contribution >= 0.6 is 11.3 Å². The first kappa shape index (κ1) is 20.4. The first-order valence-corrected chi connectivity index (χ1v) is 9.87. The van der Waals surface area contributed by atoms with Gasteiger partial charge in [-0.3, -0.25) is 4.99 Å². The van der Waals surface area contributed by atoms with Crippen LogP contribution in [0.3, 0.4) is 0 Å². The van der Waals surface area contributed by atoms with Gasteiger partial charge in [-0.25, -0.2) is 4.68 Å². The van der Waals surface area contributed by atoms with Gasteiger partial charge in [0, 0.05) is 16.5 Å². The molecule has 0 atom stereocenters. The Hall–Kier alpha value is -3.32. The second kappa shape index (κ2) is 8.36. The Bertz CT molecular complexity index is 1170. The minimum Gasteiger partial charge on any atom is -0.504 e. The third-order valence-electron chi connectivity index (χ3n) is 4.45. The molecule has 0 unspecified atom stereocenters. The highest BCUT2D eigenvalue weighted by Crippen LogP contribution is 2.36. The molecular formula is C22H23N3O3S. The van der Waals surface area contributed by atoms with Crippen LogP contribution in [0.1, 0.15) is 23.6 Å². The molecule has 1 aromatic heterocycles. The lowest BCUT2D eigenvalue weighted by molar-refractivity contribution is 0.367. The number of aromatic hydroxyl groups is 3. The normalized spacial score (nSPS) is 12.0. The summed E-state index contributed by atoms with van der Waals surface area (Å²) in [4.78, 5) is 5.26. The van der Waals surface area contributed by atoms with Crippen LogP contribution in [0.15, 0.2) is 58.0 Å². The molecule has 2 aromatic carbocycles. The molecule has 150 valence electrons. The third kappa shape index (κ3) is 4.41. The molecule has 0 bridgehead atoms. The highest BCUT2D eigenvalue weighted by Gasteiger charge is 2.11. The predicted octanol–water partition coefficient (Wildman–Crippen LogP) is 4.31. The fraction of sp³-hybridized carbons (Fsp3) is 0.182. The fourth-order valence-electron chi connectivity index (χ4n) is 2.63. The molecule has 3 rings (SSSR count). The third-order valence-corrected chi connectivity index (χ3v) is 5.30. The maximum Gasteiger partial charge on any atom is 0.206 e. The number of thiazole rings is 1. The monoisotopic (exact) mass is 409 g/mol. The summed E-state index contributed by atoms with van der Waals surface area (Å²) in [5.41, 5.74) is 5.44. The van der Waals surface area contributed by atoms with Gasteiger partial charge in [-0.2, -0.15) is 5.10 Å².